The zero-order valence-electron chi connectivity index (χ0n) is 7.85. The average molecular weight is 344 g/mol. The second-order valence-electron chi connectivity index (χ2n) is 2.92. The molecular formula is C10H10Br2F2O. The van der Waals surface area contributed by atoms with Crippen LogP contribution in [0, 0.1) is 0 Å². The molecule has 0 aliphatic rings. The van der Waals surface area contributed by atoms with Crippen LogP contribution in [0.4, 0.5) is 8.78 Å². The first-order valence-electron chi connectivity index (χ1n) is 4.42. The van der Waals surface area contributed by atoms with Gasteiger partial charge >= 0.3 is 6.61 Å². The van der Waals surface area contributed by atoms with Gasteiger partial charge in [-0.05, 0) is 30.5 Å². The zero-order valence-corrected chi connectivity index (χ0v) is 11.0. The lowest BCUT2D eigenvalue weighted by Gasteiger charge is -2.10. The molecule has 0 fully saturated rings. The smallest absolute Gasteiger partial charge is 0.387 e. The fourth-order valence-corrected chi connectivity index (χ4v) is 1.82. The molecule has 1 aromatic rings. The Balaban J connectivity index is 2.82. The molecule has 15 heavy (non-hydrogen) atoms. The fourth-order valence-electron chi connectivity index (χ4n) is 1.20. The Kier molecular flexibility index (Phi) is 5.53. The molecule has 0 radical (unpaired) electrons. The molecule has 1 rings (SSSR count). The predicted octanol–water partition coefficient (Wildman–Crippen LogP) is 4.38. The van der Waals surface area contributed by atoms with Gasteiger partial charge in [0.15, 0.2) is 0 Å². The predicted molar refractivity (Wildman–Crippen MR) is 62.9 cm³/mol. The summed E-state index contributed by atoms with van der Waals surface area (Å²) in [5.41, 5.74) is 0.804. The van der Waals surface area contributed by atoms with Crippen molar-refractivity contribution >= 4 is 31.9 Å². The van der Waals surface area contributed by atoms with Crippen molar-refractivity contribution < 1.29 is 13.5 Å². The van der Waals surface area contributed by atoms with Crippen molar-refractivity contribution in [3.05, 3.63) is 28.2 Å². The molecule has 0 atom stereocenters. The summed E-state index contributed by atoms with van der Waals surface area (Å²) in [7, 11) is 0. The standard InChI is InChI=1S/C10H10Br2F2O/c11-5-1-2-7-3-4-8(12)6-9(7)15-10(13)14/h3-4,6,10H,1-2,5H2. The molecular weight excluding hydrogens is 334 g/mol. The van der Waals surface area contributed by atoms with E-state index in [1.807, 2.05) is 6.07 Å². The first-order valence-corrected chi connectivity index (χ1v) is 6.34. The molecule has 0 aliphatic heterocycles. The van der Waals surface area contributed by atoms with E-state index in [9.17, 15) is 8.78 Å². The molecule has 0 saturated heterocycles. The van der Waals surface area contributed by atoms with Crippen molar-refractivity contribution in [2.24, 2.45) is 0 Å². The van der Waals surface area contributed by atoms with Crippen LogP contribution in [0.3, 0.4) is 0 Å². The van der Waals surface area contributed by atoms with Crippen molar-refractivity contribution in [3.8, 4) is 5.75 Å². The summed E-state index contributed by atoms with van der Waals surface area (Å²) in [6, 6.07) is 5.18. The van der Waals surface area contributed by atoms with E-state index >= 15 is 0 Å². The van der Waals surface area contributed by atoms with Gasteiger partial charge in [0.05, 0.1) is 0 Å². The van der Waals surface area contributed by atoms with Gasteiger partial charge in [0.25, 0.3) is 0 Å². The minimum absolute atomic E-state index is 0.250. The molecule has 0 aliphatic carbocycles. The maximum Gasteiger partial charge on any atom is 0.387 e. The number of alkyl halides is 3. The lowest BCUT2D eigenvalue weighted by atomic mass is 10.1. The van der Waals surface area contributed by atoms with E-state index in [1.165, 1.54) is 0 Å². The van der Waals surface area contributed by atoms with Gasteiger partial charge in [0, 0.05) is 9.80 Å². The van der Waals surface area contributed by atoms with E-state index in [-0.39, 0.29) is 5.75 Å². The molecule has 1 nitrogen and oxygen atoms in total. The van der Waals surface area contributed by atoms with Gasteiger partial charge in [-0.2, -0.15) is 8.78 Å². The Hall–Kier alpha value is -0.160. The molecule has 0 aromatic heterocycles. The Morgan fingerprint density at radius 2 is 2.07 bits per heavy atom. The van der Waals surface area contributed by atoms with Crippen LogP contribution in [0.1, 0.15) is 12.0 Å². The normalized spacial score (nSPS) is 10.7. The van der Waals surface area contributed by atoms with Crippen LogP contribution >= 0.6 is 31.9 Å². The summed E-state index contributed by atoms with van der Waals surface area (Å²) >= 11 is 6.52. The van der Waals surface area contributed by atoms with Gasteiger partial charge in [-0.1, -0.05) is 37.9 Å². The highest BCUT2D eigenvalue weighted by atomic mass is 79.9. The van der Waals surface area contributed by atoms with Gasteiger partial charge in [-0.15, -0.1) is 0 Å². The Labute approximate surface area is 104 Å². The minimum atomic E-state index is -2.78. The number of rotatable bonds is 5. The maximum atomic E-state index is 12.1. The maximum absolute atomic E-state index is 12.1. The van der Waals surface area contributed by atoms with E-state index in [2.05, 4.69) is 36.6 Å². The quantitative estimate of drug-likeness (QED) is 0.721. The van der Waals surface area contributed by atoms with E-state index in [1.54, 1.807) is 12.1 Å². The van der Waals surface area contributed by atoms with Crippen LogP contribution < -0.4 is 4.74 Å². The summed E-state index contributed by atoms with van der Waals surface area (Å²) in [6.07, 6.45) is 1.61. The van der Waals surface area contributed by atoms with E-state index in [4.69, 9.17) is 0 Å². The SMILES string of the molecule is FC(F)Oc1cc(Br)ccc1CCCBr. The second kappa shape index (κ2) is 6.43. The Morgan fingerprint density at radius 3 is 2.67 bits per heavy atom. The number of hydrogen-bond acceptors (Lipinski definition) is 1. The third kappa shape index (κ3) is 4.47. The third-order valence-electron chi connectivity index (χ3n) is 1.83. The highest BCUT2D eigenvalue weighted by Crippen LogP contribution is 2.26. The van der Waals surface area contributed by atoms with Gasteiger partial charge in [0.2, 0.25) is 0 Å². The molecule has 84 valence electrons. The highest BCUT2D eigenvalue weighted by molar-refractivity contribution is 9.10. The van der Waals surface area contributed by atoms with Crippen molar-refractivity contribution in [2.75, 3.05) is 5.33 Å². The van der Waals surface area contributed by atoms with Gasteiger partial charge in [-0.25, -0.2) is 0 Å². The van der Waals surface area contributed by atoms with Crippen LogP contribution in [0.5, 0.6) is 5.75 Å². The second-order valence-corrected chi connectivity index (χ2v) is 4.63. The third-order valence-corrected chi connectivity index (χ3v) is 2.88. The molecule has 0 heterocycles. The Morgan fingerprint density at radius 1 is 1.33 bits per heavy atom. The van der Waals surface area contributed by atoms with Crippen LogP contribution in [0.2, 0.25) is 0 Å². The molecule has 0 saturated carbocycles. The number of hydrogen-bond donors (Lipinski definition) is 0. The van der Waals surface area contributed by atoms with Crippen molar-refractivity contribution in [2.45, 2.75) is 19.5 Å². The van der Waals surface area contributed by atoms with Crippen molar-refractivity contribution in [3.63, 3.8) is 0 Å². The summed E-state index contributed by atoms with van der Waals surface area (Å²) in [4.78, 5) is 0. The molecule has 0 N–H and O–H groups in total. The van der Waals surface area contributed by atoms with Gasteiger partial charge in [0.1, 0.15) is 5.75 Å². The first-order chi connectivity index (χ1) is 7.13. The summed E-state index contributed by atoms with van der Waals surface area (Å²) < 4.78 is 29.4. The summed E-state index contributed by atoms with van der Waals surface area (Å²) in [5.74, 6) is 0.250. The molecule has 5 heteroatoms. The monoisotopic (exact) mass is 342 g/mol. The largest absolute Gasteiger partial charge is 0.435 e. The van der Waals surface area contributed by atoms with Crippen LogP contribution in [0.15, 0.2) is 22.7 Å². The lowest BCUT2D eigenvalue weighted by molar-refractivity contribution is -0.0504. The number of halogens is 4. The number of benzene rings is 1. The topological polar surface area (TPSA) is 9.23 Å². The van der Waals surface area contributed by atoms with Crippen LogP contribution in [-0.2, 0) is 6.42 Å². The minimum Gasteiger partial charge on any atom is -0.435 e. The summed E-state index contributed by atoms with van der Waals surface area (Å²) in [5, 5.41) is 0.844. The van der Waals surface area contributed by atoms with Gasteiger partial charge in [-0.3, -0.25) is 0 Å². The summed E-state index contributed by atoms with van der Waals surface area (Å²) in [6.45, 7) is -2.78. The molecule has 0 amide bonds. The Bertz CT molecular complexity index is 318. The van der Waals surface area contributed by atoms with E-state index < -0.39 is 6.61 Å². The molecule has 0 bridgehead atoms. The van der Waals surface area contributed by atoms with Crippen LogP contribution in [-0.4, -0.2) is 11.9 Å². The average Bonchev–Trinajstić information content (AvgIpc) is 2.16. The fraction of sp³-hybridized carbons (Fsp3) is 0.400. The van der Waals surface area contributed by atoms with E-state index in [0.717, 1.165) is 28.2 Å². The zero-order chi connectivity index (χ0) is 11.3. The van der Waals surface area contributed by atoms with Crippen LogP contribution in [0.25, 0.3) is 0 Å². The lowest BCUT2D eigenvalue weighted by Crippen LogP contribution is -2.04. The molecule has 0 unspecified atom stereocenters. The molecule has 1 aromatic carbocycles. The van der Waals surface area contributed by atoms with E-state index in [0.29, 0.717) is 0 Å². The number of ether oxygens (including phenoxy) is 1. The first kappa shape index (κ1) is 12.9. The highest BCUT2D eigenvalue weighted by Gasteiger charge is 2.09. The van der Waals surface area contributed by atoms with Crippen molar-refractivity contribution in [1.82, 2.24) is 0 Å². The number of aryl methyl sites for hydroxylation is 1. The molecule has 0 spiro atoms. The van der Waals surface area contributed by atoms with Gasteiger partial charge < -0.3 is 4.74 Å². The van der Waals surface area contributed by atoms with Crippen molar-refractivity contribution in [1.29, 1.82) is 0 Å².